The molecule has 0 radical (unpaired) electrons. The minimum atomic E-state index is -0.698. The molecule has 0 aliphatic rings. The monoisotopic (exact) mass is 166 g/mol. The molecule has 0 rings (SSSR count). The Hall–Kier alpha value is -0.740. The summed E-state index contributed by atoms with van der Waals surface area (Å²) >= 11 is 0. The molecule has 0 aromatic rings. The van der Waals surface area contributed by atoms with Crippen LogP contribution in [0.15, 0.2) is 12.2 Å². The van der Waals surface area contributed by atoms with E-state index in [0.29, 0.717) is 0 Å². The Kier molecular flexibility index (Phi) is 7.84. The first-order chi connectivity index (χ1) is 5.81. The van der Waals surface area contributed by atoms with Gasteiger partial charge in [0.1, 0.15) is 6.10 Å². The van der Waals surface area contributed by atoms with E-state index in [1.165, 1.54) is 25.7 Å². The van der Waals surface area contributed by atoms with Gasteiger partial charge in [-0.2, -0.15) is 0 Å². The fourth-order valence-corrected chi connectivity index (χ4v) is 0.970. The minimum Gasteiger partial charge on any atom is -0.377 e. The van der Waals surface area contributed by atoms with Crippen molar-refractivity contribution in [2.24, 2.45) is 0 Å². The fourth-order valence-electron chi connectivity index (χ4n) is 0.970. The molecule has 0 bridgehead atoms. The summed E-state index contributed by atoms with van der Waals surface area (Å²) in [5, 5.41) is 8.94. The van der Waals surface area contributed by atoms with Gasteiger partial charge >= 0.3 is 0 Å². The predicted molar refractivity (Wildman–Crippen MR) is 52.7 cm³/mol. The molecule has 0 fully saturated rings. The lowest BCUT2D eigenvalue weighted by Gasteiger charge is -1.95. The quantitative estimate of drug-likeness (QED) is 0.365. The van der Waals surface area contributed by atoms with Crippen LogP contribution in [-0.4, -0.2) is 11.2 Å². The average Bonchev–Trinajstić information content (AvgIpc) is 2.10. The number of aliphatic hydroxyl groups is 1. The van der Waals surface area contributed by atoms with Crippen LogP contribution < -0.4 is 0 Å². The van der Waals surface area contributed by atoms with Crippen molar-refractivity contribution in [3.63, 3.8) is 0 Å². The van der Waals surface area contributed by atoms with Crippen molar-refractivity contribution < 1.29 is 5.11 Å². The van der Waals surface area contributed by atoms with E-state index in [1.54, 1.807) is 6.08 Å². The minimum absolute atomic E-state index is 0.698. The van der Waals surface area contributed by atoms with Crippen molar-refractivity contribution in [2.75, 3.05) is 0 Å². The van der Waals surface area contributed by atoms with Crippen molar-refractivity contribution >= 4 is 0 Å². The number of terminal acetylenes is 1. The standard InChI is InChI=1S/C11H18O/c1-3-5-6-7-8-9-10-11(12)4-2/h2,9-12H,3,5-8H2,1H3/b10-9+/t11-/m1/s1. The van der Waals surface area contributed by atoms with Crippen LogP contribution in [0, 0.1) is 12.3 Å². The van der Waals surface area contributed by atoms with Crippen molar-refractivity contribution in [1.29, 1.82) is 0 Å². The Labute approximate surface area is 75.5 Å². The van der Waals surface area contributed by atoms with Crippen molar-refractivity contribution in [2.45, 2.75) is 45.1 Å². The van der Waals surface area contributed by atoms with Crippen LogP contribution in [0.4, 0.5) is 0 Å². The summed E-state index contributed by atoms with van der Waals surface area (Å²) in [6.45, 7) is 2.19. The lowest BCUT2D eigenvalue weighted by molar-refractivity contribution is 0.280. The maximum atomic E-state index is 8.94. The summed E-state index contributed by atoms with van der Waals surface area (Å²) in [6, 6.07) is 0. The van der Waals surface area contributed by atoms with Crippen LogP contribution in [0.25, 0.3) is 0 Å². The number of unbranched alkanes of at least 4 members (excludes halogenated alkanes) is 4. The first-order valence-electron chi connectivity index (χ1n) is 4.62. The summed E-state index contributed by atoms with van der Waals surface area (Å²) in [6.07, 6.45) is 14.0. The SMILES string of the molecule is C#C[C@@H](O)/C=C/CCCCCC. The molecule has 0 heterocycles. The van der Waals surface area contributed by atoms with E-state index < -0.39 is 6.10 Å². The van der Waals surface area contributed by atoms with Crippen molar-refractivity contribution in [3.05, 3.63) is 12.2 Å². The molecule has 68 valence electrons. The Balaban J connectivity index is 3.20. The highest BCUT2D eigenvalue weighted by Gasteiger charge is 1.88. The number of aliphatic hydroxyl groups excluding tert-OH is 1. The number of hydrogen-bond donors (Lipinski definition) is 1. The molecule has 0 aromatic heterocycles. The molecule has 1 atom stereocenters. The molecule has 0 unspecified atom stereocenters. The van der Waals surface area contributed by atoms with Crippen LogP contribution in [0.2, 0.25) is 0 Å². The number of hydrogen-bond acceptors (Lipinski definition) is 1. The van der Waals surface area contributed by atoms with Crippen molar-refractivity contribution in [3.8, 4) is 12.3 Å². The lowest BCUT2D eigenvalue weighted by atomic mass is 10.1. The molecule has 0 amide bonds. The predicted octanol–water partition coefficient (Wildman–Crippen LogP) is 2.51. The highest BCUT2D eigenvalue weighted by atomic mass is 16.3. The summed E-state index contributed by atoms with van der Waals surface area (Å²) < 4.78 is 0. The second kappa shape index (κ2) is 8.36. The first kappa shape index (κ1) is 11.3. The average molecular weight is 166 g/mol. The molecule has 0 aliphatic heterocycles. The maximum Gasteiger partial charge on any atom is 0.133 e. The Morgan fingerprint density at radius 1 is 1.42 bits per heavy atom. The summed E-state index contributed by atoms with van der Waals surface area (Å²) in [5.41, 5.74) is 0. The van der Waals surface area contributed by atoms with E-state index in [0.717, 1.165) is 6.42 Å². The van der Waals surface area contributed by atoms with E-state index in [9.17, 15) is 0 Å². The Bertz CT molecular complexity index is 153. The molecule has 1 nitrogen and oxygen atoms in total. The van der Waals surface area contributed by atoms with Crippen molar-refractivity contribution in [1.82, 2.24) is 0 Å². The van der Waals surface area contributed by atoms with Gasteiger partial charge in [-0.1, -0.05) is 38.2 Å². The van der Waals surface area contributed by atoms with Gasteiger partial charge in [-0.15, -0.1) is 6.42 Å². The van der Waals surface area contributed by atoms with E-state index in [2.05, 4.69) is 12.8 Å². The van der Waals surface area contributed by atoms with Crippen LogP contribution in [0.5, 0.6) is 0 Å². The molecule has 0 aromatic carbocycles. The Morgan fingerprint density at radius 3 is 2.75 bits per heavy atom. The van der Waals surface area contributed by atoms with Gasteiger partial charge < -0.3 is 5.11 Å². The van der Waals surface area contributed by atoms with Crippen LogP contribution in [-0.2, 0) is 0 Å². The second-order valence-electron chi connectivity index (χ2n) is 2.89. The third-order valence-corrected chi connectivity index (χ3v) is 1.71. The van der Waals surface area contributed by atoms with E-state index in [1.807, 2.05) is 6.08 Å². The van der Waals surface area contributed by atoms with Gasteiger partial charge in [0, 0.05) is 0 Å². The molecule has 0 saturated carbocycles. The largest absolute Gasteiger partial charge is 0.377 e. The molecule has 0 spiro atoms. The Morgan fingerprint density at radius 2 is 2.17 bits per heavy atom. The second-order valence-corrected chi connectivity index (χ2v) is 2.89. The first-order valence-corrected chi connectivity index (χ1v) is 4.62. The van der Waals surface area contributed by atoms with Crippen LogP contribution >= 0.6 is 0 Å². The highest BCUT2D eigenvalue weighted by Crippen LogP contribution is 2.02. The molecule has 12 heavy (non-hydrogen) atoms. The zero-order chi connectivity index (χ0) is 9.23. The van der Waals surface area contributed by atoms with Gasteiger partial charge in [-0.05, 0) is 18.9 Å². The normalized spacial score (nSPS) is 13.1. The third-order valence-electron chi connectivity index (χ3n) is 1.71. The van der Waals surface area contributed by atoms with Crippen LogP contribution in [0.3, 0.4) is 0 Å². The molecule has 1 heteroatoms. The van der Waals surface area contributed by atoms with Gasteiger partial charge in [-0.25, -0.2) is 0 Å². The van der Waals surface area contributed by atoms with Gasteiger partial charge in [0.2, 0.25) is 0 Å². The molecule has 1 N–H and O–H groups in total. The van der Waals surface area contributed by atoms with E-state index in [4.69, 9.17) is 11.5 Å². The summed E-state index contributed by atoms with van der Waals surface area (Å²) in [5.74, 6) is 2.24. The maximum absolute atomic E-state index is 8.94. The number of rotatable bonds is 6. The fraction of sp³-hybridized carbons (Fsp3) is 0.636. The molecule has 0 saturated heterocycles. The zero-order valence-electron chi connectivity index (χ0n) is 7.79. The van der Waals surface area contributed by atoms with Gasteiger partial charge in [0.25, 0.3) is 0 Å². The zero-order valence-corrected chi connectivity index (χ0v) is 7.79. The summed E-state index contributed by atoms with van der Waals surface area (Å²) in [4.78, 5) is 0. The third kappa shape index (κ3) is 7.37. The van der Waals surface area contributed by atoms with Gasteiger partial charge in [0.15, 0.2) is 0 Å². The molecular formula is C11H18O. The van der Waals surface area contributed by atoms with Crippen LogP contribution in [0.1, 0.15) is 39.0 Å². The lowest BCUT2D eigenvalue weighted by Crippen LogP contribution is -1.95. The van der Waals surface area contributed by atoms with E-state index in [-0.39, 0.29) is 0 Å². The smallest absolute Gasteiger partial charge is 0.133 e. The summed E-state index contributed by atoms with van der Waals surface area (Å²) in [7, 11) is 0. The van der Waals surface area contributed by atoms with Gasteiger partial charge in [0.05, 0.1) is 0 Å². The van der Waals surface area contributed by atoms with E-state index >= 15 is 0 Å². The molecule has 0 aliphatic carbocycles. The topological polar surface area (TPSA) is 20.2 Å². The van der Waals surface area contributed by atoms with Gasteiger partial charge in [-0.3, -0.25) is 0 Å². The molecular weight excluding hydrogens is 148 g/mol. The highest BCUT2D eigenvalue weighted by molar-refractivity contribution is 5.05. The number of allylic oxidation sites excluding steroid dienone is 1.